The summed E-state index contributed by atoms with van der Waals surface area (Å²) in [6.07, 6.45) is -0.109. The number of carbonyl (C=O) groups is 3. The van der Waals surface area contributed by atoms with Gasteiger partial charge in [0.25, 0.3) is 5.91 Å². The molecule has 0 unspecified atom stereocenters. The van der Waals surface area contributed by atoms with E-state index < -0.39 is 5.97 Å². The minimum atomic E-state index is -1.10. The Morgan fingerprint density at radius 3 is 2.54 bits per heavy atom. The Kier molecular flexibility index (Phi) is 6.91. The number of aromatic carboxylic acids is 1. The third kappa shape index (κ3) is 5.18. The molecule has 2 aromatic heterocycles. The second-order valence-corrected chi connectivity index (χ2v) is 11.2. The number of nitrogens with one attached hydrogen (secondary N) is 3. The number of H-pyrrole nitrogens is 1. The Morgan fingerprint density at radius 2 is 1.92 bits per heavy atom. The summed E-state index contributed by atoms with van der Waals surface area (Å²) in [7, 11) is 0. The molecule has 1 aliphatic heterocycles. The number of fused-ring (bicyclic) bond motifs is 1. The monoisotopic (exact) mass is 561 g/mol. The van der Waals surface area contributed by atoms with Crippen LogP contribution in [0.1, 0.15) is 42.7 Å². The van der Waals surface area contributed by atoms with Gasteiger partial charge in [-0.1, -0.05) is 64.4 Å². The number of halogens is 2. The first kappa shape index (κ1) is 25.6. The largest absolute Gasteiger partial charge is 0.477 e. The van der Waals surface area contributed by atoms with Crippen LogP contribution >= 0.6 is 34.5 Å². The fourth-order valence-electron chi connectivity index (χ4n) is 4.85. The number of anilines is 1. The third-order valence-corrected chi connectivity index (χ3v) is 8.92. The summed E-state index contributed by atoms with van der Waals surface area (Å²) in [6, 6.07) is 7.82. The number of aromatic nitrogens is 2. The number of rotatable bonds is 8. The number of aromatic amines is 1. The maximum Gasteiger partial charge on any atom is 0.347 e. The molecule has 5 rings (SSSR count). The predicted octanol–water partition coefficient (Wildman–Crippen LogP) is 3.82. The van der Waals surface area contributed by atoms with Crippen LogP contribution in [0.25, 0.3) is 0 Å². The number of carboxylic acid groups (broad SMARTS) is 1. The van der Waals surface area contributed by atoms with Crippen LogP contribution in [0, 0.1) is 25.7 Å². The van der Waals surface area contributed by atoms with E-state index in [1.165, 1.54) is 0 Å². The van der Waals surface area contributed by atoms with E-state index >= 15 is 0 Å². The van der Waals surface area contributed by atoms with Gasteiger partial charge in [-0.25, -0.2) is 9.78 Å². The quantitative estimate of drug-likeness (QED) is 0.331. The highest BCUT2D eigenvalue weighted by Gasteiger charge is 2.57. The molecular weight excluding hydrogens is 537 g/mol. The topological polar surface area (TPSA) is 127 Å². The van der Waals surface area contributed by atoms with Crippen molar-refractivity contribution in [1.29, 1.82) is 0 Å². The lowest BCUT2D eigenvalue weighted by Gasteiger charge is -2.19. The normalized spacial score (nSPS) is 20.0. The standard InChI is InChI=1S/C25H25Cl2N5O4S/c1-11-4-3-5-13(6-11)8-28-17(33)7-16-22(24(35)36)37-25(30-16)32-9-14-15(10-32)20(14)31-23(34)21-19(27)18(26)12(2)29-21/h3-6,14-15,20,29H,7-10H2,1-2H3,(H,28,33)(H,31,34)(H,35,36)/t14-,15+,20-. The molecule has 1 saturated heterocycles. The van der Waals surface area contributed by atoms with Gasteiger partial charge in [0.15, 0.2) is 5.13 Å². The van der Waals surface area contributed by atoms with E-state index in [0.29, 0.717) is 35.5 Å². The number of thiazole rings is 1. The van der Waals surface area contributed by atoms with Crippen molar-refractivity contribution < 1.29 is 19.5 Å². The number of amides is 2. The number of hydrogen-bond acceptors (Lipinski definition) is 6. The summed E-state index contributed by atoms with van der Waals surface area (Å²) >= 11 is 13.3. The smallest absolute Gasteiger partial charge is 0.347 e. The first-order valence-corrected chi connectivity index (χ1v) is 13.3. The molecule has 2 aliphatic rings. The van der Waals surface area contributed by atoms with Crippen molar-refractivity contribution in [1.82, 2.24) is 20.6 Å². The molecule has 1 saturated carbocycles. The van der Waals surface area contributed by atoms with E-state index in [2.05, 4.69) is 20.6 Å². The summed E-state index contributed by atoms with van der Waals surface area (Å²) in [5, 5.41) is 16.7. The van der Waals surface area contributed by atoms with Crippen molar-refractivity contribution in [2.75, 3.05) is 18.0 Å². The number of benzene rings is 1. The van der Waals surface area contributed by atoms with E-state index in [1.807, 2.05) is 36.1 Å². The van der Waals surface area contributed by atoms with E-state index in [0.717, 1.165) is 22.5 Å². The second-order valence-electron chi connectivity index (χ2n) is 9.50. The van der Waals surface area contributed by atoms with Gasteiger partial charge >= 0.3 is 5.97 Å². The van der Waals surface area contributed by atoms with Crippen LogP contribution in [0.15, 0.2) is 24.3 Å². The molecule has 4 N–H and O–H groups in total. The molecule has 3 heterocycles. The van der Waals surface area contributed by atoms with E-state index in [9.17, 15) is 19.5 Å². The van der Waals surface area contributed by atoms with Crippen LogP contribution in [-0.2, 0) is 17.8 Å². The lowest BCUT2D eigenvalue weighted by atomic mass is 10.1. The highest BCUT2D eigenvalue weighted by molar-refractivity contribution is 7.17. The van der Waals surface area contributed by atoms with Gasteiger partial charge in [-0.3, -0.25) is 9.59 Å². The molecule has 194 valence electrons. The minimum absolute atomic E-state index is 0.00739. The summed E-state index contributed by atoms with van der Waals surface area (Å²) in [5.74, 6) is -1.23. The van der Waals surface area contributed by atoms with Gasteiger partial charge in [-0.15, -0.1) is 0 Å². The van der Waals surface area contributed by atoms with Crippen molar-refractivity contribution in [3.05, 3.63) is 67.4 Å². The molecule has 0 bridgehead atoms. The zero-order valence-corrected chi connectivity index (χ0v) is 22.4. The Balaban J connectivity index is 1.18. The van der Waals surface area contributed by atoms with Gasteiger partial charge in [0.05, 0.1) is 22.2 Å². The van der Waals surface area contributed by atoms with Crippen LogP contribution in [0.4, 0.5) is 5.13 Å². The number of aryl methyl sites for hydroxylation is 2. The number of nitrogens with zero attached hydrogens (tertiary/aromatic N) is 2. The fraction of sp³-hybridized carbons (Fsp3) is 0.360. The molecule has 0 radical (unpaired) electrons. The lowest BCUT2D eigenvalue weighted by Crippen LogP contribution is -2.35. The highest BCUT2D eigenvalue weighted by Crippen LogP contribution is 2.48. The molecule has 9 nitrogen and oxygen atoms in total. The summed E-state index contributed by atoms with van der Waals surface area (Å²) in [6.45, 7) is 5.37. The van der Waals surface area contributed by atoms with Crippen molar-refractivity contribution in [2.24, 2.45) is 11.8 Å². The van der Waals surface area contributed by atoms with E-state index in [-0.39, 0.29) is 57.4 Å². The van der Waals surface area contributed by atoms with Crippen molar-refractivity contribution in [3.63, 3.8) is 0 Å². The number of carboxylic acids is 1. The summed E-state index contributed by atoms with van der Waals surface area (Å²) < 4.78 is 0. The number of carbonyl (C=O) groups excluding carboxylic acids is 2. The molecule has 3 atom stereocenters. The van der Waals surface area contributed by atoms with Gasteiger partial charge in [-0.2, -0.15) is 0 Å². The Morgan fingerprint density at radius 1 is 1.19 bits per heavy atom. The molecule has 2 fully saturated rings. The second kappa shape index (κ2) is 10.00. The SMILES string of the molecule is Cc1cccc(CNC(=O)Cc2nc(N3C[C@@H]4[C@H](C3)[C@@H]4NC(=O)c3[nH]c(C)c(Cl)c3Cl)sc2C(=O)O)c1. The van der Waals surface area contributed by atoms with Crippen LogP contribution in [-0.4, -0.2) is 52.0 Å². The number of piperidine rings is 1. The van der Waals surface area contributed by atoms with Gasteiger partial charge in [0, 0.05) is 43.2 Å². The molecule has 37 heavy (non-hydrogen) atoms. The average Bonchev–Trinajstić information content (AvgIpc) is 3.21. The minimum Gasteiger partial charge on any atom is -0.477 e. The Labute approximate surface area is 227 Å². The van der Waals surface area contributed by atoms with Crippen LogP contribution in [0.5, 0.6) is 0 Å². The molecule has 1 aromatic carbocycles. The maximum absolute atomic E-state index is 12.6. The molecule has 12 heteroatoms. The average molecular weight is 562 g/mol. The Bertz CT molecular complexity index is 1390. The maximum atomic E-state index is 12.6. The summed E-state index contributed by atoms with van der Waals surface area (Å²) in [4.78, 5) is 46.5. The molecule has 3 aromatic rings. The predicted molar refractivity (Wildman–Crippen MR) is 142 cm³/mol. The zero-order chi connectivity index (χ0) is 26.4. The Hall–Kier alpha value is -3.08. The molecule has 2 amide bonds. The molecule has 1 aliphatic carbocycles. The van der Waals surface area contributed by atoms with Crippen LogP contribution in [0.2, 0.25) is 10.0 Å². The van der Waals surface area contributed by atoms with Crippen LogP contribution < -0.4 is 15.5 Å². The third-order valence-electron chi connectivity index (χ3n) is 6.82. The number of hydrogen-bond donors (Lipinski definition) is 4. The van der Waals surface area contributed by atoms with Crippen molar-refractivity contribution in [2.45, 2.75) is 32.9 Å². The van der Waals surface area contributed by atoms with Crippen molar-refractivity contribution >= 4 is 57.5 Å². The highest BCUT2D eigenvalue weighted by atomic mass is 35.5. The van der Waals surface area contributed by atoms with E-state index in [4.69, 9.17) is 23.2 Å². The first-order chi connectivity index (χ1) is 17.6. The summed E-state index contributed by atoms with van der Waals surface area (Å²) in [5.41, 5.74) is 3.22. The fourth-order valence-corrected chi connectivity index (χ4v) is 6.20. The molecular formula is C25H25Cl2N5O4S. The van der Waals surface area contributed by atoms with Crippen molar-refractivity contribution in [3.8, 4) is 0 Å². The van der Waals surface area contributed by atoms with Gasteiger partial charge in [0.2, 0.25) is 5.91 Å². The molecule has 0 spiro atoms. The van der Waals surface area contributed by atoms with Gasteiger partial charge in [0.1, 0.15) is 10.6 Å². The lowest BCUT2D eigenvalue weighted by molar-refractivity contribution is -0.120. The van der Waals surface area contributed by atoms with Gasteiger partial charge < -0.3 is 25.6 Å². The zero-order valence-electron chi connectivity index (χ0n) is 20.1. The van der Waals surface area contributed by atoms with Gasteiger partial charge in [-0.05, 0) is 19.4 Å². The van der Waals surface area contributed by atoms with E-state index in [1.54, 1.807) is 6.92 Å². The van der Waals surface area contributed by atoms with Crippen LogP contribution in [0.3, 0.4) is 0 Å². The first-order valence-electron chi connectivity index (χ1n) is 11.8.